The smallest absolute Gasteiger partial charge is 0.0788 e. The van der Waals surface area contributed by atoms with Gasteiger partial charge in [-0.3, -0.25) is 0 Å². The van der Waals surface area contributed by atoms with Crippen molar-refractivity contribution in [1.29, 1.82) is 0 Å². The van der Waals surface area contributed by atoms with Crippen molar-refractivity contribution in [3.05, 3.63) is 216 Å². The predicted molar refractivity (Wildman–Crippen MR) is 224 cm³/mol. The molecule has 3 heterocycles. The zero-order valence-electron chi connectivity index (χ0n) is 28.8. The van der Waals surface area contributed by atoms with E-state index in [1.807, 2.05) is 11.3 Å². The molecule has 2 nitrogen and oxygen atoms in total. The molecule has 0 atom stereocenters. The quantitative estimate of drug-likeness (QED) is 0.171. The molecule has 3 heteroatoms. The Hall–Kier alpha value is -6.55. The third-order valence-electron chi connectivity index (χ3n) is 11.1. The summed E-state index contributed by atoms with van der Waals surface area (Å²) in [6, 6.07) is 70.8. The maximum Gasteiger partial charge on any atom is 0.0788 e. The topological polar surface area (TPSA) is 16.1 Å². The summed E-state index contributed by atoms with van der Waals surface area (Å²) in [7, 11) is 0. The molecular formula is C50H32N2S. The van der Waals surface area contributed by atoms with Gasteiger partial charge in [0.1, 0.15) is 0 Å². The highest BCUT2D eigenvalue weighted by Crippen LogP contribution is 2.59. The third kappa shape index (κ3) is 4.29. The maximum atomic E-state index is 5.24. The second-order valence-corrected chi connectivity index (χ2v) is 14.9. The monoisotopic (exact) mass is 692 g/mol. The number of pyridine rings is 1. The molecular weight excluding hydrogens is 661 g/mol. The number of hydrogen-bond donors (Lipinski definition) is 0. The van der Waals surface area contributed by atoms with Gasteiger partial charge >= 0.3 is 0 Å². The fourth-order valence-electron chi connectivity index (χ4n) is 8.97. The van der Waals surface area contributed by atoms with Crippen LogP contribution in [0.3, 0.4) is 0 Å². The van der Waals surface area contributed by atoms with E-state index < -0.39 is 5.41 Å². The predicted octanol–water partition coefficient (Wildman–Crippen LogP) is 13.6. The number of hydrogen-bond acceptors (Lipinski definition) is 3. The maximum absolute atomic E-state index is 5.24. The summed E-state index contributed by atoms with van der Waals surface area (Å²) in [5.74, 6) is 0. The molecule has 0 saturated carbocycles. The first-order valence-corrected chi connectivity index (χ1v) is 19.0. The molecule has 0 radical (unpaired) electrons. The van der Waals surface area contributed by atoms with Gasteiger partial charge in [-0.15, -0.1) is 11.3 Å². The minimum Gasteiger partial charge on any atom is -0.309 e. The molecule has 0 amide bonds. The van der Waals surface area contributed by atoms with Gasteiger partial charge in [-0.05, 0) is 52.6 Å². The molecule has 0 fully saturated rings. The Kier molecular flexibility index (Phi) is 6.67. The number of rotatable bonds is 4. The van der Waals surface area contributed by atoms with E-state index in [1.165, 1.54) is 75.6 Å². The highest BCUT2D eigenvalue weighted by Gasteiger charge is 2.46. The Labute approximate surface area is 311 Å². The van der Waals surface area contributed by atoms with Crippen LogP contribution in [0.1, 0.15) is 22.3 Å². The van der Waals surface area contributed by atoms with E-state index in [1.54, 1.807) is 0 Å². The van der Waals surface area contributed by atoms with Crippen LogP contribution in [-0.2, 0) is 5.41 Å². The highest BCUT2D eigenvalue weighted by molar-refractivity contribution is 7.27. The summed E-state index contributed by atoms with van der Waals surface area (Å²) in [4.78, 5) is 7.76. The SMILES string of the molecule is c1ccc(-c2nc3ccccc3c3c2ccc2c3sc3cccc(N4c5ccccc5C(c5ccccc5)(c5ccccc5)c5ccccc54)c32)cc1. The number of aromatic nitrogens is 1. The molecule has 248 valence electrons. The lowest BCUT2D eigenvalue weighted by molar-refractivity contribution is 0.731. The Morgan fingerprint density at radius 2 is 0.962 bits per heavy atom. The first kappa shape index (κ1) is 30.1. The molecule has 0 saturated heterocycles. The summed E-state index contributed by atoms with van der Waals surface area (Å²) >= 11 is 1.89. The van der Waals surface area contributed by atoms with Crippen molar-refractivity contribution in [1.82, 2.24) is 4.98 Å². The van der Waals surface area contributed by atoms with E-state index in [-0.39, 0.29) is 0 Å². The van der Waals surface area contributed by atoms with Crippen LogP contribution in [0.2, 0.25) is 0 Å². The van der Waals surface area contributed by atoms with Gasteiger partial charge in [0.15, 0.2) is 0 Å². The van der Waals surface area contributed by atoms with Gasteiger partial charge in [0.2, 0.25) is 0 Å². The summed E-state index contributed by atoms with van der Waals surface area (Å²) < 4.78 is 2.56. The van der Waals surface area contributed by atoms with Crippen molar-refractivity contribution in [2.24, 2.45) is 0 Å². The summed E-state index contributed by atoms with van der Waals surface area (Å²) in [5, 5.41) is 6.17. The minimum atomic E-state index is -0.507. The average molecular weight is 693 g/mol. The number of fused-ring (bicyclic) bond motifs is 9. The van der Waals surface area contributed by atoms with E-state index in [9.17, 15) is 0 Å². The van der Waals surface area contributed by atoms with E-state index in [0.717, 1.165) is 16.8 Å². The van der Waals surface area contributed by atoms with Crippen LogP contribution < -0.4 is 4.90 Å². The number of para-hydroxylation sites is 3. The lowest BCUT2D eigenvalue weighted by atomic mass is 9.62. The normalized spacial score (nSPS) is 13.4. The van der Waals surface area contributed by atoms with E-state index in [2.05, 4.69) is 199 Å². The first-order chi connectivity index (χ1) is 26.3. The first-order valence-electron chi connectivity index (χ1n) is 18.1. The standard InChI is InChI=1S/C50H32N2S/c1-4-17-33(18-5-1)48-37-31-32-38-47-44(29-16-30-45(47)53-49(38)46(37)36-23-10-13-26-41(36)51-48)52-42-27-14-11-24-39(42)50(34-19-6-2-7-20-34,35-21-8-3-9-22-35)40-25-12-15-28-43(40)52/h1-32H. The van der Waals surface area contributed by atoms with Crippen LogP contribution in [0.4, 0.5) is 17.1 Å². The lowest BCUT2D eigenvalue weighted by Crippen LogP contribution is -2.37. The Bertz CT molecular complexity index is 2910. The minimum absolute atomic E-state index is 0.507. The fourth-order valence-corrected chi connectivity index (χ4v) is 10.3. The molecule has 8 aromatic carbocycles. The van der Waals surface area contributed by atoms with E-state index >= 15 is 0 Å². The molecule has 10 aromatic rings. The molecule has 1 aliphatic rings. The van der Waals surface area contributed by atoms with Crippen LogP contribution in [0, 0.1) is 0 Å². The fraction of sp³-hybridized carbons (Fsp3) is 0.0200. The number of anilines is 3. The number of benzene rings is 8. The molecule has 0 aliphatic carbocycles. The summed E-state index contributed by atoms with van der Waals surface area (Å²) in [5.41, 5.74) is 11.3. The summed E-state index contributed by atoms with van der Waals surface area (Å²) in [6.07, 6.45) is 0. The van der Waals surface area contributed by atoms with Crippen LogP contribution in [0.15, 0.2) is 194 Å². The van der Waals surface area contributed by atoms with Gasteiger partial charge in [0.25, 0.3) is 0 Å². The summed E-state index contributed by atoms with van der Waals surface area (Å²) in [6.45, 7) is 0. The molecule has 0 N–H and O–H groups in total. The second kappa shape index (κ2) is 11.7. The van der Waals surface area contributed by atoms with Gasteiger partial charge in [-0.25, -0.2) is 4.98 Å². The van der Waals surface area contributed by atoms with Gasteiger partial charge in [0, 0.05) is 41.9 Å². The largest absolute Gasteiger partial charge is 0.309 e. The van der Waals surface area contributed by atoms with Crippen molar-refractivity contribution in [3.63, 3.8) is 0 Å². The van der Waals surface area contributed by atoms with Crippen molar-refractivity contribution in [3.8, 4) is 11.3 Å². The van der Waals surface area contributed by atoms with Crippen LogP contribution >= 0.6 is 11.3 Å². The zero-order chi connectivity index (χ0) is 34.9. The second-order valence-electron chi connectivity index (χ2n) is 13.8. The molecule has 2 aromatic heterocycles. The average Bonchev–Trinajstić information content (AvgIpc) is 3.63. The molecule has 11 rings (SSSR count). The van der Waals surface area contributed by atoms with E-state index in [4.69, 9.17) is 4.98 Å². The Balaban J connectivity index is 1.24. The highest BCUT2D eigenvalue weighted by atomic mass is 32.1. The van der Waals surface area contributed by atoms with Crippen molar-refractivity contribution in [2.75, 3.05) is 4.90 Å². The molecule has 0 unspecified atom stereocenters. The number of thiophene rings is 1. The van der Waals surface area contributed by atoms with Gasteiger partial charge in [-0.2, -0.15) is 0 Å². The molecule has 0 bridgehead atoms. The Morgan fingerprint density at radius 1 is 0.415 bits per heavy atom. The van der Waals surface area contributed by atoms with Crippen molar-refractivity contribution >= 4 is 70.2 Å². The molecule has 53 heavy (non-hydrogen) atoms. The van der Waals surface area contributed by atoms with Gasteiger partial charge in [-0.1, -0.05) is 164 Å². The van der Waals surface area contributed by atoms with Crippen LogP contribution in [0.25, 0.3) is 53.1 Å². The number of nitrogens with zero attached hydrogens (tertiary/aromatic N) is 2. The zero-order valence-corrected chi connectivity index (χ0v) is 29.6. The lowest BCUT2D eigenvalue weighted by Gasteiger charge is -2.46. The van der Waals surface area contributed by atoms with E-state index in [0.29, 0.717) is 0 Å². The van der Waals surface area contributed by atoms with Crippen molar-refractivity contribution < 1.29 is 0 Å². The molecule has 0 spiro atoms. The van der Waals surface area contributed by atoms with Gasteiger partial charge in [0.05, 0.1) is 33.7 Å². The van der Waals surface area contributed by atoms with Crippen molar-refractivity contribution in [2.45, 2.75) is 5.41 Å². The molecule has 1 aliphatic heterocycles. The van der Waals surface area contributed by atoms with Gasteiger partial charge < -0.3 is 4.90 Å². The Morgan fingerprint density at radius 3 is 1.64 bits per heavy atom. The third-order valence-corrected chi connectivity index (χ3v) is 12.3. The van der Waals surface area contributed by atoms with Crippen LogP contribution in [-0.4, -0.2) is 4.98 Å². The van der Waals surface area contributed by atoms with Crippen LogP contribution in [0.5, 0.6) is 0 Å².